The highest BCUT2D eigenvalue weighted by Gasteiger charge is 2.18. The highest BCUT2D eigenvalue weighted by atomic mass is 35.5. The number of carbonyl (C=O) groups excluding carboxylic acids is 1. The maximum absolute atomic E-state index is 13.3. The lowest BCUT2D eigenvalue weighted by atomic mass is 9.97. The molecule has 2 aromatic rings. The third-order valence-electron chi connectivity index (χ3n) is 3.55. The van der Waals surface area contributed by atoms with Crippen molar-refractivity contribution < 1.29 is 13.6 Å². The normalized spacial score (nSPS) is 15.3. The lowest BCUT2D eigenvalue weighted by Crippen LogP contribution is -2.19. The Morgan fingerprint density at radius 2 is 1.71 bits per heavy atom. The van der Waals surface area contributed by atoms with Crippen molar-refractivity contribution in [1.29, 1.82) is 0 Å². The molecule has 1 heterocycles. The smallest absolute Gasteiger partial charge is 0.224 e. The van der Waals surface area contributed by atoms with Crippen LogP contribution in [0.1, 0.15) is 28.5 Å². The molecular formula is C16H12ClF2NO. The SMILES string of the molecule is O=C1CCc2cc(C(Cl)c3ccc(F)c(F)c3)ccc2N1. The van der Waals surface area contributed by atoms with Crippen LogP contribution in [0.15, 0.2) is 36.4 Å². The van der Waals surface area contributed by atoms with Crippen molar-refractivity contribution >= 4 is 23.2 Å². The average molecular weight is 308 g/mol. The second-order valence-electron chi connectivity index (χ2n) is 5.00. The summed E-state index contributed by atoms with van der Waals surface area (Å²) in [5.74, 6) is -1.81. The summed E-state index contributed by atoms with van der Waals surface area (Å²) in [5.41, 5.74) is 3.07. The van der Waals surface area contributed by atoms with Crippen LogP contribution in [0.5, 0.6) is 0 Å². The van der Waals surface area contributed by atoms with Gasteiger partial charge in [0.25, 0.3) is 0 Å². The Hall–Kier alpha value is -1.94. The molecule has 1 aliphatic heterocycles. The summed E-state index contributed by atoms with van der Waals surface area (Å²) in [6.45, 7) is 0. The lowest BCUT2D eigenvalue weighted by Gasteiger charge is -2.19. The molecule has 0 radical (unpaired) electrons. The Bertz CT molecular complexity index is 717. The van der Waals surface area contributed by atoms with Gasteiger partial charge in [0, 0.05) is 12.1 Å². The number of anilines is 1. The molecule has 3 rings (SSSR count). The molecule has 21 heavy (non-hydrogen) atoms. The van der Waals surface area contributed by atoms with Crippen molar-refractivity contribution in [2.75, 3.05) is 5.32 Å². The minimum Gasteiger partial charge on any atom is -0.326 e. The number of fused-ring (bicyclic) bond motifs is 1. The van der Waals surface area contributed by atoms with Crippen LogP contribution < -0.4 is 5.32 Å². The van der Waals surface area contributed by atoms with Crippen molar-refractivity contribution in [3.63, 3.8) is 0 Å². The number of nitrogens with one attached hydrogen (secondary N) is 1. The van der Waals surface area contributed by atoms with Crippen molar-refractivity contribution in [3.05, 3.63) is 64.7 Å². The summed E-state index contributed by atoms with van der Waals surface area (Å²) in [4.78, 5) is 11.3. The Labute approximate surface area is 125 Å². The van der Waals surface area contributed by atoms with E-state index in [-0.39, 0.29) is 5.91 Å². The van der Waals surface area contributed by atoms with E-state index in [9.17, 15) is 13.6 Å². The first-order valence-corrected chi connectivity index (χ1v) is 7.00. The molecule has 0 saturated heterocycles. The number of aryl methyl sites for hydroxylation is 1. The van der Waals surface area contributed by atoms with Gasteiger partial charge >= 0.3 is 0 Å². The van der Waals surface area contributed by atoms with Crippen LogP contribution in [-0.4, -0.2) is 5.91 Å². The van der Waals surface area contributed by atoms with Gasteiger partial charge in [-0.1, -0.05) is 18.2 Å². The van der Waals surface area contributed by atoms with E-state index in [4.69, 9.17) is 11.6 Å². The molecule has 5 heteroatoms. The van der Waals surface area contributed by atoms with Crippen LogP contribution in [0.25, 0.3) is 0 Å². The molecule has 1 unspecified atom stereocenters. The van der Waals surface area contributed by atoms with Crippen LogP contribution in [0.2, 0.25) is 0 Å². The number of halogens is 3. The minimum absolute atomic E-state index is 0.00159. The van der Waals surface area contributed by atoms with E-state index in [0.717, 1.165) is 28.9 Å². The molecule has 1 atom stereocenters. The standard InChI is InChI=1S/C16H12ClF2NO/c17-16(11-1-4-12(18)13(19)8-11)10-2-5-14-9(7-10)3-6-15(21)20-14/h1-2,4-5,7-8,16H,3,6H2,(H,20,21). The van der Waals surface area contributed by atoms with Crippen LogP contribution in [-0.2, 0) is 11.2 Å². The maximum atomic E-state index is 13.3. The molecule has 0 spiro atoms. The van der Waals surface area contributed by atoms with Crippen LogP contribution >= 0.6 is 11.6 Å². The zero-order chi connectivity index (χ0) is 15.0. The Morgan fingerprint density at radius 3 is 2.48 bits per heavy atom. The lowest BCUT2D eigenvalue weighted by molar-refractivity contribution is -0.116. The van der Waals surface area contributed by atoms with E-state index in [1.807, 2.05) is 6.07 Å². The maximum Gasteiger partial charge on any atom is 0.224 e. The molecule has 1 amide bonds. The van der Waals surface area contributed by atoms with E-state index in [1.165, 1.54) is 6.07 Å². The zero-order valence-corrected chi connectivity index (χ0v) is 11.8. The van der Waals surface area contributed by atoms with Crippen molar-refractivity contribution in [3.8, 4) is 0 Å². The minimum atomic E-state index is -0.914. The molecular weight excluding hydrogens is 296 g/mol. The Kier molecular flexibility index (Phi) is 3.64. The molecule has 1 aliphatic rings. The fraction of sp³-hybridized carbons (Fsp3) is 0.188. The van der Waals surface area contributed by atoms with Gasteiger partial charge in [-0.25, -0.2) is 8.78 Å². The van der Waals surface area contributed by atoms with E-state index in [1.54, 1.807) is 12.1 Å². The second-order valence-corrected chi connectivity index (χ2v) is 5.44. The third kappa shape index (κ3) is 2.76. The molecule has 0 fully saturated rings. The monoisotopic (exact) mass is 307 g/mol. The van der Waals surface area contributed by atoms with Crippen molar-refractivity contribution in [2.45, 2.75) is 18.2 Å². The summed E-state index contributed by atoms with van der Waals surface area (Å²) < 4.78 is 26.3. The Morgan fingerprint density at radius 1 is 1.00 bits per heavy atom. The summed E-state index contributed by atoms with van der Waals surface area (Å²) in [7, 11) is 0. The van der Waals surface area contributed by atoms with E-state index in [2.05, 4.69) is 5.32 Å². The van der Waals surface area contributed by atoms with Crippen molar-refractivity contribution in [1.82, 2.24) is 0 Å². The summed E-state index contributed by atoms with van der Waals surface area (Å²) in [6, 6.07) is 9.11. The number of amides is 1. The topological polar surface area (TPSA) is 29.1 Å². The number of hydrogen-bond acceptors (Lipinski definition) is 1. The number of alkyl halides is 1. The molecule has 0 aromatic heterocycles. The van der Waals surface area contributed by atoms with Gasteiger partial charge < -0.3 is 5.32 Å². The van der Waals surface area contributed by atoms with Crippen LogP contribution in [0, 0.1) is 11.6 Å². The first-order valence-electron chi connectivity index (χ1n) is 6.56. The third-order valence-corrected chi connectivity index (χ3v) is 4.06. The molecule has 1 N–H and O–H groups in total. The molecule has 2 aromatic carbocycles. The van der Waals surface area contributed by atoms with E-state index >= 15 is 0 Å². The molecule has 0 aliphatic carbocycles. The van der Waals surface area contributed by atoms with Gasteiger partial charge in [0.05, 0.1) is 5.38 Å². The van der Waals surface area contributed by atoms with Gasteiger partial charge in [-0.05, 0) is 41.3 Å². The second kappa shape index (κ2) is 5.45. The van der Waals surface area contributed by atoms with Gasteiger partial charge in [0.1, 0.15) is 0 Å². The highest BCUT2D eigenvalue weighted by molar-refractivity contribution is 6.22. The predicted molar refractivity (Wildman–Crippen MR) is 77.4 cm³/mol. The fourth-order valence-electron chi connectivity index (χ4n) is 2.42. The molecule has 2 nitrogen and oxygen atoms in total. The average Bonchev–Trinajstić information content (AvgIpc) is 2.49. The van der Waals surface area contributed by atoms with Gasteiger partial charge in [-0.3, -0.25) is 4.79 Å². The highest BCUT2D eigenvalue weighted by Crippen LogP contribution is 2.33. The van der Waals surface area contributed by atoms with Gasteiger partial charge in [0.2, 0.25) is 5.91 Å². The molecule has 108 valence electrons. The van der Waals surface area contributed by atoms with Gasteiger partial charge in [-0.15, -0.1) is 11.6 Å². The first kappa shape index (κ1) is 14.0. The van der Waals surface area contributed by atoms with Gasteiger partial charge in [0.15, 0.2) is 11.6 Å². The summed E-state index contributed by atoms with van der Waals surface area (Å²) >= 11 is 6.35. The number of carbonyl (C=O) groups is 1. The summed E-state index contributed by atoms with van der Waals surface area (Å²) in [5, 5.41) is 2.22. The Balaban J connectivity index is 1.93. The summed E-state index contributed by atoms with van der Waals surface area (Å²) in [6.07, 6.45) is 1.09. The molecule has 0 bridgehead atoms. The first-order chi connectivity index (χ1) is 10.0. The van der Waals surface area contributed by atoms with Crippen molar-refractivity contribution in [2.24, 2.45) is 0 Å². The van der Waals surface area contributed by atoms with E-state index in [0.29, 0.717) is 18.4 Å². The van der Waals surface area contributed by atoms with Gasteiger partial charge in [-0.2, -0.15) is 0 Å². The number of rotatable bonds is 2. The van der Waals surface area contributed by atoms with Crippen LogP contribution in [0.3, 0.4) is 0 Å². The number of hydrogen-bond donors (Lipinski definition) is 1. The number of benzene rings is 2. The fourth-order valence-corrected chi connectivity index (χ4v) is 2.69. The van der Waals surface area contributed by atoms with E-state index < -0.39 is 17.0 Å². The molecule has 0 saturated carbocycles. The quantitative estimate of drug-likeness (QED) is 0.829. The zero-order valence-electron chi connectivity index (χ0n) is 11.0. The van der Waals surface area contributed by atoms with Crippen LogP contribution in [0.4, 0.5) is 14.5 Å². The predicted octanol–water partition coefficient (Wildman–Crippen LogP) is 4.18. The largest absolute Gasteiger partial charge is 0.326 e.